The van der Waals surface area contributed by atoms with E-state index in [1.807, 2.05) is 41.6 Å². The molecule has 0 aliphatic carbocycles. The SMILES string of the molecule is CN(C)C1CN(C(=O)c2ccc(I)cc2OCC(F)(F)F)C1. The Morgan fingerprint density at radius 2 is 2.05 bits per heavy atom. The van der Waals surface area contributed by atoms with Gasteiger partial charge in [-0.25, -0.2) is 0 Å². The maximum atomic E-state index is 12.4. The Balaban J connectivity index is 2.11. The van der Waals surface area contributed by atoms with Crippen LogP contribution >= 0.6 is 22.6 Å². The van der Waals surface area contributed by atoms with Crippen molar-refractivity contribution in [2.45, 2.75) is 12.2 Å². The predicted octanol–water partition coefficient (Wildman–Crippen LogP) is 2.62. The summed E-state index contributed by atoms with van der Waals surface area (Å²) in [7, 11) is 3.85. The molecule has 2 rings (SSSR count). The van der Waals surface area contributed by atoms with E-state index in [1.54, 1.807) is 11.0 Å². The number of halogens is 4. The Morgan fingerprint density at radius 1 is 1.41 bits per heavy atom. The van der Waals surface area contributed by atoms with Crippen molar-refractivity contribution >= 4 is 28.5 Å². The summed E-state index contributed by atoms with van der Waals surface area (Å²) in [5.41, 5.74) is 0.168. The summed E-state index contributed by atoms with van der Waals surface area (Å²) in [6, 6.07) is 4.92. The Hall–Kier alpha value is -1.03. The van der Waals surface area contributed by atoms with Crippen molar-refractivity contribution in [3.05, 3.63) is 27.3 Å². The molecule has 1 saturated heterocycles. The molecule has 0 saturated carbocycles. The fraction of sp³-hybridized carbons (Fsp3) is 0.500. The molecule has 4 nitrogen and oxygen atoms in total. The Bertz CT molecular complexity index is 558. The summed E-state index contributed by atoms with van der Waals surface area (Å²) in [5, 5.41) is 0. The number of nitrogens with zero attached hydrogens (tertiary/aromatic N) is 2. The van der Waals surface area contributed by atoms with Gasteiger partial charge in [-0.15, -0.1) is 0 Å². The van der Waals surface area contributed by atoms with Crippen LogP contribution in [0.5, 0.6) is 5.75 Å². The monoisotopic (exact) mass is 428 g/mol. The van der Waals surface area contributed by atoms with E-state index in [-0.39, 0.29) is 23.3 Å². The molecule has 0 radical (unpaired) electrons. The van der Waals surface area contributed by atoms with Crippen molar-refractivity contribution in [1.82, 2.24) is 9.80 Å². The van der Waals surface area contributed by atoms with Gasteiger partial charge in [0.05, 0.1) is 5.56 Å². The lowest BCUT2D eigenvalue weighted by atomic mass is 10.1. The average Bonchev–Trinajstić information content (AvgIpc) is 2.33. The van der Waals surface area contributed by atoms with Crippen LogP contribution in [0.15, 0.2) is 18.2 Å². The Labute approximate surface area is 140 Å². The highest BCUT2D eigenvalue weighted by molar-refractivity contribution is 14.1. The summed E-state index contributed by atoms with van der Waals surface area (Å²) >= 11 is 1.97. The number of likely N-dealkylation sites (N-methyl/N-ethyl adjacent to an activating group) is 1. The average molecular weight is 428 g/mol. The van der Waals surface area contributed by atoms with E-state index in [4.69, 9.17) is 4.74 Å². The summed E-state index contributed by atoms with van der Waals surface area (Å²) < 4.78 is 42.5. The summed E-state index contributed by atoms with van der Waals surface area (Å²) in [6.07, 6.45) is -4.44. The zero-order chi connectivity index (χ0) is 16.5. The third-order valence-corrected chi connectivity index (χ3v) is 4.12. The van der Waals surface area contributed by atoms with Crippen LogP contribution in [-0.4, -0.2) is 61.7 Å². The van der Waals surface area contributed by atoms with Crippen molar-refractivity contribution in [2.75, 3.05) is 33.8 Å². The standard InChI is InChI=1S/C14H16F3IN2O2/c1-19(2)10-6-20(7-10)13(21)11-4-3-9(18)5-12(11)22-8-14(15,16)17/h3-5,10H,6-8H2,1-2H3. The van der Waals surface area contributed by atoms with E-state index in [9.17, 15) is 18.0 Å². The number of hydrogen-bond acceptors (Lipinski definition) is 3. The quantitative estimate of drug-likeness (QED) is 0.692. The molecule has 1 aliphatic heterocycles. The number of benzene rings is 1. The highest BCUT2D eigenvalue weighted by Crippen LogP contribution is 2.27. The first kappa shape index (κ1) is 17.3. The minimum absolute atomic E-state index is 0.0254. The lowest BCUT2D eigenvalue weighted by Gasteiger charge is -2.42. The molecule has 1 fully saturated rings. The van der Waals surface area contributed by atoms with Crippen molar-refractivity contribution < 1.29 is 22.7 Å². The number of amides is 1. The van der Waals surface area contributed by atoms with Gasteiger partial charge >= 0.3 is 6.18 Å². The lowest BCUT2D eigenvalue weighted by molar-refractivity contribution is -0.153. The fourth-order valence-electron chi connectivity index (χ4n) is 2.07. The molecule has 0 bridgehead atoms. The number of likely N-dealkylation sites (tertiary alicyclic amines) is 1. The van der Waals surface area contributed by atoms with Crippen molar-refractivity contribution in [3.63, 3.8) is 0 Å². The largest absolute Gasteiger partial charge is 0.483 e. The van der Waals surface area contributed by atoms with Gasteiger partial charge in [0.2, 0.25) is 0 Å². The number of carbonyl (C=O) groups is 1. The maximum absolute atomic E-state index is 12.4. The normalized spacial score (nSPS) is 15.9. The van der Waals surface area contributed by atoms with Gasteiger partial charge in [0.25, 0.3) is 5.91 Å². The van der Waals surface area contributed by atoms with Crippen molar-refractivity contribution in [1.29, 1.82) is 0 Å². The number of ether oxygens (including phenoxy) is 1. The summed E-state index contributed by atoms with van der Waals surface area (Å²) in [4.78, 5) is 16.0. The fourth-order valence-corrected chi connectivity index (χ4v) is 2.53. The van der Waals surface area contributed by atoms with Crippen LogP contribution in [0.2, 0.25) is 0 Å². The molecule has 22 heavy (non-hydrogen) atoms. The smallest absolute Gasteiger partial charge is 0.422 e. The van der Waals surface area contributed by atoms with Gasteiger partial charge in [-0.3, -0.25) is 4.79 Å². The van der Waals surface area contributed by atoms with Crippen LogP contribution in [0.4, 0.5) is 13.2 Å². The number of hydrogen-bond donors (Lipinski definition) is 0. The van der Waals surface area contributed by atoms with Gasteiger partial charge in [-0.1, -0.05) is 0 Å². The Morgan fingerprint density at radius 3 is 2.59 bits per heavy atom. The minimum atomic E-state index is -4.44. The van der Waals surface area contributed by atoms with Crippen LogP contribution < -0.4 is 4.74 Å². The first-order valence-corrected chi connectivity index (χ1v) is 7.70. The first-order chi connectivity index (χ1) is 10.2. The van der Waals surface area contributed by atoms with E-state index in [0.29, 0.717) is 16.7 Å². The number of carbonyl (C=O) groups excluding carboxylic acids is 1. The second-order valence-corrected chi connectivity index (χ2v) is 6.62. The molecule has 122 valence electrons. The summed E-state index contributed by atoms with van der Waals surface area (Å²) in [6.45, 7) is -0.277. The number of rotatable bonds is 4. The molecule has 1 aromatic carbocycles. The molecule has 1 aromatic rings. The summed E-state index contributed by atoms with van der Waals surface area (Å²) in [5.74, 6) is -0.325. The second-order valence-electron chi connectivity index (χ2n) is 5.37. The van der Waals surface area contributed by atoms with Crippen LogP contribution in [0.1, 0.15) is 10.4 Å². The van der Waals surface area contributed by atoms with Crippen LogP contribution in [0.3, 0.4) is 0 Å². The lowest BCUT2D eigenvalue weighted by Crippen LogP contribution is -2.59. The zero-order valence-electron chi connectivity index (χ0n) is 12.2. The van der Waals surface area contributed by atoms with Crippen molar-refractivity contribution in [3.8, 4) is 5.75 Å². The maximum Gasteiger partial charge on any atom is 0.422 e. The van der Waals surface area contributed by atoms with Gasteiger partial charge in [0.1, 0.15) is 5.75 Å². The van der Waals surface area contributed by atoms with Gasteiger partial charge in [-0.05, 0) is 54.9 Å². The molecule has 0 N–H and O–H groups in total. The zero-order valence-corrected chi connectivity index (χ0v) is 14.3. The van der Waals surface area contributed by atoms with Crippen LogP contribution in [0.25, 0.3) is 0 Å². The molecular weight excluding hydrogens is 412 g/mol. The molecule has 1 aliphatic rings. The highest BCUT2D eigenvalue weighted by atomic mass is 127. The molecule has 0 aromatic heterocycles. The predicted molar refractivity (Wildman–Crippen MR) is 84.1 cm³/mol. The highest BCUT2D eigenvalue weighted by Gasteiger charge is 2.34. The van der Waals surface area contributed by atoms with Gasteiger partial charge in [-0.2, -0.15) is 13.2 Å². The van der Waals surface area contributed by atoms with Crippen LogP contribution in [0, 0.1) is 3.57 Å². The molecular formula is C14H16F3IN2O2. The van der Waals surface area contributed by atoms with E-state index in [2.05, 4.69) is 0 Å². The molecule has 1 amide bonds. The molecule has 0 atom stereocenters. The third kappa shape index (κ3) is 4.25. The van der Waals surface area contributed by atoms with E-state index in [1.165, 1.54) is 12.1 Å². The van der Waals surface area contributed by atoms with Crippen LogP contribution in [-0.2, 0) is 0 Å². The molecule has 0 unspecified atom stereocenters. The minimum Gasteiger partial charge on any atom is -0.483 e. The number of alkyl halides is 3. The molecule has 0 spiro atoms. The van der Waals surface area contributed by atoms with Gasteiger partial charge in [0.15, 0.2) is 6.61 Å². The van der Waals surface area contributed by atoms with E-state index >= 15 is 0 Å². The first-order valence-electron chi connectivity index (χ1n) is 6.62. The van der Waals surface area contributed by atoms with E-state index in [0.717, 1.165) is 0 Å². The van der Waals surface area contributed by atoms with E-state index < -0.39 is 12.8 Å². The third-order valence-electron chi connectivity index (χ3n) is 3.45. The molecule has 1 heterocycles. The van der Waals surface area contributed by atoms with Gasteiger partial charge in [0, 0.05) is 22.7 Å². The van der Waals surface area contributed by atoms with Crippen molar-refractivity contribution in [2.24, 2.45) is 0 Å². The Kier molecular flexibility index (Phi) is 5.21. The topological polar surface area (TPSA) is 32.8 Å². The van der Waals surface area contributed by atoms with Gasteiger partial charge < -0.3 is 14.5 Å². The second kappa shape index (κ2) is 6.61. The molecule has 8 heteroatoms.